The van der Waals surface area contributed by atoms with E-state index >= 15 is 0 Å². The van der Waals surface area contributed by atoms with Crippen LogP contribution in [0.5, 0.6) is 5.75 Å². The average Bonchev–Trinajstić information content (AvgIpc) is 2.50. The smallest absolute Gasteiger partial charge is 0.390 e. The molecule has 0 spiro atoms. The molecular weight excluding hydrogens is 452 g/mol. The first kappa shape index (κ1) is 23.3. The van der Waals surface area contributed by atoms with E-state index in [-0.39, 0.29) is 43.7 Å². The third kappa shape index (κ3) is 11.5. The van der Waals surface area contributed by atoms with Crippen molar-refractivity contribution in [1.82, 2.24) is 10.6 Å². The van der Waals surface area contributed by atoms with Crippen LogP contribution in [-0.4, -0.2) is 37.7 Å². The summed E-state index contributed by atoms with van der Waals surface area (Å²) in [5.74, 6) is 0.184. The van der Waals surface area contributed by atoms with Gasteiger partial charge in [-0.15, -0.1) is 24.0 Å². The molecule has 0 fully saturated rings. The van der Waals surface area contributed by atoms with Crippen molar-refractivity contribution in [1.29, 1.82) is 0 Å². The van der Waals surface area contributed by atoms with Gasteiger partial charge in [0.05, 0.1) is 13.0 Å². The summed E-state index contributed by atoms with van der Waals surface area (Å²) < 4.78 is 41.7. The summed E-state index contributed by atoms with van der Waals surface area (Å²) in [6.07, 6.45) is -5.15. The van der Waals surface area contributed by atoms with Gasteiger partial charge in [0.2, 0.25) is 0 Å². The van der Waals surface area contributed by atoms with Gasteiger partial charge in [-0.25, -0.2) is 4.99 Å². The quantitative estimate of drug-likeness (QED) is 0.306. The highest BCUT2D eigenvalue weighted by atomic mass is 127. The first-order valence-electron chi connectivity index (χ1n) is 7.39. The number of hydrogen-bond acceptors (Lipinski definition) is 3. The van der Waals surface area contributed by atoms with Crippen LogP contribution in [0.4, 0.5) is 13.2 Å². The van der Waals surface area contributed by atoms with E-state index in [1.165, 1.54) is 0 Å². The molecule has 6 nitrogen and oxygen atoms in total. The highest BCUT2D eigenvalue weighted by Crippen LogP contribution is 2.18. The van der Waals surface area contributed by atoms with E-state index in [1.54, 1.807) is 24.3 Å². The maximum absolute atomic E-state index is 12.2. The number of carbonyl (C=O) groups excluding carboxylic acids is 1. The standard InChI is InChI=1S/C15H21F3N4O2.HI/c1-2-20-14(21-7-6-15(16,17)18)22-9-11-4-3-5-12(8-11)24-10-13(19)23;/h3-5,8H,2,6-7,9-10H2,1H3,(H2,19,23)(H2,20,21,22);1H. The third-order valence-corrected chi connectivity index (χ3v) is 2.74. The molecular formula is C15H22F3IN4O2. The number of alkyl halides is 3. The van der Waals surface area contributed by atoms with Crippen molar-refractivity contribution < 1.29 is 22.7 Å². The van der Waals surface area contributed by atoms with Crippen LogP contribution < -0.4 is 21.1 Å². The molecule has 4 N–H and O–H groups in total. The van der Waals surface area contributed by atoms with E-state index in [9.17, 15) is 18.0 Å². The lowest BCUT2D eigenvalue weighted by atomic mass is 10.2. The van der Waals surface area contributed by atoms with Gasteiger partial charge in [0, 0.05) is 13.1 Å². The van der Waals surface area contributed by atoms with Crippen molar-refractivity contribution in [2.24, 2.45) is 10.7 Å². The number of nitrogens with zero attached hydrogens (tertiary/aromatic N) is 1. The molecule has 0 saturated heterocycles. The van der Waals surface area contributed by atoms with Gasteiger partial charge in [-0.1, -0.05) is 12.1 Å². The van der Waals surface area contributed by atoms with Crippen molar-refractivity contribution in [3.63, 3.8) is 0 Å². The number of primary amides is 1. The summed E-state index contributed by atoms with van der Waals surface area (Å²) in [6.45, 7) is 2.11. The van der Waals surface area contributed by atoms with Crippen LogP contribution in [-0.2, 0) is 11.3 Å². The Balaban J connectivity index is 0.00000576. The summed E-state index contributed by atoms with van der Waals surface area (Å²) in [5.41, 5.74) is 5.79. The maximum Gasteiger partial charge on any atom is 0.390 e. The number of ether oxygens (including phenoxy) is 1. The molecule has 1 aromatic carbocycles. The Hall–Kier alpha value is -1.72. The molecule has 0 bridgehead atoms. The third-order valence-electron chi connectivity index (χ3n) is 2.74. The van der Waals surface area contributed by atoms with Crippen LogP contribution >= 0.6 is 24.0 Å². The maximum atomic E-state index is 12.2. The van der Waals surface area contributed by atoms with Crippen molar-refractivity contribution in [3.05, 3.63) is 29.8 Å². The first-order chi connectivity index (χ1) is 11.3. The fourth-order valence-corrected chi connectivity index (χ4v) is 1.72. The van der Waals surface area contributed by atoms with Crippen LogP contribution in [0.25, 0.3) is 0 Å². The van der Waals surface area contributed by atoms with Crippen LogP contribution in [0, 0.1) is 0 Å². The zero-order valence-electron chi connectivity index (χ0n) is 13.7. The largest absolute Gasteiger partial charge is 0.484 e. The van der Waals surface area contributed by atoms with E-state index < -0.39 is 18.5 Å². The topological polar surface area (TPSA) is 88.7 Å². The van der Waals surface area contributed by atoms with Crippen molar-refractivity contribution in [3.8, 4) is 5.75 Å². The van der Waals surface area contributed by atoms with Crippen LogP contribution in [0.15, 0.2) is 29.3 Å². The number of amides is 1. The molecule has 0 heterocycles. The summed E-state index contributed by atoms with van der Waals surface area (Å²) in [7, 11) is 0. The highest BCUT2D eigenvalue weighted by Gasteiger charge is 2.26. The summed E-state index contributed by atoms with van der Waals surface area (Å²) in [4.78, 5) is 14.9. The normalized spacial score (nSPS) is 11.4. The Morgan fingerprint density at radius 1 is 1.32 bits per heavy atom. The number of benzene rings is 1. The second kappa shape index (κ2) is 11.8. The highest BCUT2D eigenvalue weighted by molar-refractivity contribution is 14.0. The average molecular weight is 474 g/mol. The molecule has 0 aromatic heterocycles. The van der Waals surface area contributed by atoms with Gasteiger partial charge in [-0.3, -0.25) is 4.79 Å². The van der Waals surface area contributed by atoms with Gasteiger partial charge in [0.1, 0.15) is 5.75 Å². The van der Waals surface area contributed by atoms with Gasteiger partial charge in [0.25, 0.3) is 5.91 Å². The molecule has 10 heteroatoms. The van der Waals surface area contributed by atoms with Crippen molar-refractivity contribution >= 4 is 35.8 Å². The van der Waals surface area contributed by atoms with Crippen LogP contribution in [0.3, 0.4) is 0 Å². The molecule has 0 unspecified atom stereocenters. The lowest BCUT2D eigenvalue weighted by molar-refractivity contribution is -0.132. The monoisotopic (exact) mass is 474 g/mol. The molecule has 1 rings (SSSR count). The van der Waals surface area contributed by atoms with Gasteiger partial charge in [0.15, 0.2) is 12.6 Å². The van der Waals surface area contributed by atoms with E-state index in [0.29, 0.717) is 18.3 Å². The molecule has 142 valence electrons. The number of aliphatic imine (C=N–C) groups is 1. The molecule has 0 aliphatic heterocycles. The number of halogens is 4. The van der Waals surface area contributed by atoms with E-state index in [4.69, 9.17) is 10.5 Å². The Morgan fingerprint density at radius 3 is 2.64 bits per heavy atom. The SMILES string of the molecule is CCNC(=NCc1cccc(OCC(N)=O)c1)NCCC(F)(F)F.I. The van der Waals surface area contributed by atoms with Crippen molar-refractivity contribution in [2.75, 3.05) is 19.7 Å². The number of rotatable bonds is 8. The molecule has 1 amide bonds. The minimum absolute atomic E-state index is 0. The molecule has 1 aromatic rings. The summed E-state index contributed by atoms with van der Waals surface area (Å²) in [6, 6.07) is 6.87. The zero-order valence-corrected chi connectivity index (χ0v) is 16.1. The molecule has 0 atom stereocenters. The lowest BCUT2D eigenvalue weighted by Crippen LogP contribution is -2.38. The predicted octanol–water partition coefficient (Wildman–Crippen LogP) is 2.18. The molecule has 0 aliphatic rings. The second-order valence-corrected chi connectivity index (χ2v) is 4.89. The summed E-state index contributed by atoms with van der Waals surface area (Å²) in [5, 5.41) is 5.50. The fourth-order valence-electron chi connectivity index (χ4n) is 1.72. The van der Waals surface area contributed by atoms with Gasteiger partial charge in [-0.05, 0) is 24.6 Å². The van der Waals surface area contributed by atoms with Gasteiger partial charge >= 0.3 is 6.18 Å². The van der Waals surface area contributed by atoms with Crippen LogP contribution in [0.1, 0.15) is 18.9 Å². The Labute approximate surface area is 161 Å². The van der Waals surface area contributed by atoms with Crippen LogP contribution in [0.2, 0.25) is 0 Å². The van der Waals surface area contributed by atoms with Crippen molar-refractivity contribution in [2.45, 2.75) is 26.1 Å². The van der Waals surface area contributed by atoms with Gasteiger partial charge < -0.3 is 21.1 Å². The number of carbonyl (C=O) groups is 1. The summed E-state index contributed by atoms with van der Waals surface area (Å²) >= 11 is 0. The zero-order chi connectivity index (χ0) is 18.0. The van der Waals surface area contributed by atoms with E-state index in [1.807, 2.05) is 6.92 Å². The Bertz CT molecular complexity index is 568. The number of guanidine groups is 1. The van der Waals surface area contributed by atoms with E-state index in [2.05, 4.69) is 15.6 Å². The van der Waals surface area contributed by atoms with E-state index in [0.717, 1.165) is 5.56 Å². The van der Waals surface area contributed by atoms with Gasteiger partial charge in [-0.2, -0.15) is 13.2 Å². The minimum atomic E-state index is -4.21. The first-order valence-corrected chi connectivity index (χ1v) is 7.39. The predicted molar refractivity (Wildman–Crippen MR) is 100 cm³/mol. The Kier molecular flexibility index (Phi) is 11.0. The number of nitrogens with two attached hydrogens (primary N) is 1. The second-order valence-electron chi connectivity index (χ2n) is 4.89. The molecule has 25 heavy (non-hydrogen) atoms. The molecule has 0 aliphatic carbocycles. The number of nitrogens with one attached hydrogen (secondary N) is 2. The molecule has 0 saturated carbocycles. The minimum Gasteiger partial charge on any atom is -0.484 e. The Morgan fingerprint density at radius 2 is 2.04 bits per heavy atom. The fraction of sp³-hybridized carbons (Fsp3) is 0.467. The lowest BCUT2D eigenvalue weighted by Gasteiger charge is -2.12. The number of hydrogen-bond donors (Lipinski definition) is 3. The molecule has 0 radical (unpaired) electrons.